The van der Waals surface area contributed by atoms with Crippen LogP contribution >= 0.6 is 11.3 Å². The number of alkyl halides is 3. The van der Waals surface area contributed by atoms with Crippen molar-refractivity contribution in [1.82, 2.24) is 14.7 Å². The molecule has 3 heterocycles. The lowest BCUT2D eigenvalue weighted by molar-refractivity contribution is -0.142. The monoisotopic (exact) mass is 343 g/mol. The summed E-state index contributed by atoms with van der Waals surface area (Å²) < 4.78 is 39.2. The SMILES string of the molecule is Cc1cc(C(F)(F)F)nn1CC(=O)N1CCCC1c1cccs1. The predicted molar refractivity (Wildman–Crippen MR) is 80.0 cm³/mol. The van der Waals surface area contributed by atoms with Crippen LogP contribution in [0.15, 0.2) is 23.6 Å². The summed E-state index contributed by atoms with van der Waals surface area (Å²) in [7, 11) is 0. The van der Waals surface area contributed by atoms with Crippen molar-refractivity contribution < 1.29 is 18.0 Å². The first-order chi connectivity index (χ1) is 10.9. The van der Waals surface area contributed by atoms with Crippen LogP contribution in [0.4, 0.5) is 13.2 Å². The zero-order chi connectivity index (χ0) is 16.6. The topological polar surface area (TPSA) is 38.1 Å². The van der Waals surface area contributed by atoms with Gasteiger partial charge >= 0.3 is 6.18 Å². The summed E-state index contributed by atoms with van der Waals surface area (Å²) in [5.41, 5.74) is -0.628. The van der Waals surface area contributed by atoms with Crippen LogP contribution in [0.5, 0.6) is 0 Å². The zero-order valence-corrected chi connectivity index (χ0v) is 13.3. The van der Waals surface area contributed by atoms with E-state index in [1.165, 1.54) is 6.92 Å². The molecule has 0 saturated carbocycles. The molecule has 0 aromatic carbocycles. The third-order valence-corrected chi connectivity index (χ3v) is 4.97. The Bertz CT molecular complexity index is 693. The Morgan fingerprint density at radius 1 is 1.48 bits per heavy atom. The van der Waals surface area contributed by atoms with Crippen LogP contribution in [0.2, 0.25) is 0 Å². The molecule has 0 bridgehead atoms. The summed E-state index contributed by atoms with van der Waals surface area (Å²) in [6.45, 7) is 1.99. The molecule has 0 aliphatic carbocycles. The molecule has 0 N–H and O–H groups in total. The molecule has 1 saturated heterocycles. The second-order valence-electron chi connectivity index (χ2n) is 5.59. The first-order valence-corrected chi connectivity index (χ1v) is 8.19. The Labute approximate surface area is 135 Å². The predicted octanol–water partition coefficient (Wildman–Crippen LogP) is 3.64. The van der Waals surface area contributed by atoms with Crippen LogP contribution in [0, 0.1) is 6.92 Å². The minimum atomic E-state index is -4.49. The number of likely N-dealkylation sites (tertiary alicyclic amines) is 1. The molecule has 2 aromatic rings. The number of halogens is 3. The van der Waals surface area contributed by atoms with Crippen LogP contribution in [0.25, 0.3) is 0 Å². The highest BCUT2D eigenvalue weighted by atomic mass is 32.1. The smallest absolute Gasteiger partial charge is 0.333 e. The molecule has 1 fully saturated rings. The van der Waals surface area contributed by atoms with Crippen LogP contribution in [-0.4, -0.2) is 27.1 Å². The normalized spacial score (nSPS) is 18.6. The molecule has 1 amide bonds. The Morgan fingerprint density at radius 3 is 2.87 bits per heavy atom. The summed E-state index contributed by atoms with van der Waals surface area (Å²) in [6.07, 6.45) is -2.70. The Balaban J connectivity index is 1.75. The number of aromatic nitrogens is 2. The fraction of sp³-hybridized carbons (Fsp3) is 0.467. The number of hydrogen-bond acceptors (Lipinski definition) is 3. The van der Waals surface area contributed by atoms with Gasteiger partial charge in [0.25, 0.3) is 0 Å². The van der Waals surface area contributed by atoms with Crippen molar-refractivity contribution in [3.63, 3.8) is 0 Å². The number of rotatable bonds is 3. The summed E-state index contributed by atoms with van der Waals surface area (Å²) in [6, 6.07) is 4.92. The first kappa shape index (κ1) is 16.0. The molecule has 1 atom stereocenters. The average molecular weight is 343 g/mol. The van der Waals surface area contributed by atoms with E-state index >= 15 is 0 Å². The quantitative estimate of drug-likeness (QED) is 0.853. The Kier molecular flexibility index (Phi) is 4.18. The van der Waals surface area contributed by atoms with Crippen molar-refractivity contribution in [3.8, 4) is 0 Å². The molecule has 1 aliphatic heterocycles. The van der Waals surface area contributed by atoms with E-state index in [0.717, 1.165) is 28.5 Å². The third kappa shape index (κ3) is 3.26. The number of carbonyl (C=O) groups is 1. The minimum Gasteiger partial charge on any atom is -0.333 e. The Morgan fingerprint density at radius 2 is 2.26 bits per heavy atom. The van der Waals surface area contributed by atoms with E-state index < -0.39 is 11.9 Å². The molecule has 1 unspecified atom stereocenters. The first-order valence-electron chi connectivity index (χ1n) is 7.31. The van der Waals surface area contributed by atoms with E-state index in [1.807, 2.05) is 17.5 Å². The maximum Gasteiger partial charge on any atom is 0.435 e. The number of thiophene rings is 1. The van der Waals surface area contributed by atoms with Crippen LogP contribution < -0.4 is 0 Å². The van der Waals surface area contributed by atoms with Crippen molar-refractivity contribution in [3.05, 3.63) is 39.8 Å². The number of amides is 1. The van der Waals surface area contributed by atoms with E-state index in [-0.39, 0.29) is 18.5 Å². The van der Waals surface area contributed by atoms with Gasteiger partial charge in [0.1, 0.15) is 6.54 Å². The van der Waals surface area contributed by atoms with Gasteiger partial charge in [0.2, 0.25) is 5.91 Å². The molecule has 0 radical (unpaired) electrons. The van der Waals surface area contributed by atoms with Crippen molar-refractivity contribution in [2.24, 2.45) is 0 Å². The van der Waals surface area contributed by atoms with Gasteiger partial charge in [-0.15, -0.1) is 11.3 Å². The van der Waals surface area contributed by atoms with Crippen molar-refractivity contribution in [2.45, 2.75) is 38.5 Å². The maximum atomic E-state index is 12.7. The lowest BCUT2D eigenvalue weighted by Gasteiger charge is -2.24. The summed E-state index contributed by atoms with van der Waals surface area (Å²) in [4.78, 5) is 15.4. The van der Waals surface area contributed by atoms with Gasteiger partial charge < -0.3 is 4.90 Å². The largest absolute Gasteiger partial charge is 0.435 e. The van der Waals surface area contributed by atoms with Crippen molar-refractivity contribution in [2.75, 3.05) is 6.54 Å². The summed E-state index contributed by atoms with van der Waals surface area (Å²) in [5, 5.41) is 5.49. The van der Waals surface area contributed by atoms with E-state index in [4.69, 9.17) is 0 Å². The van der Waals surface area contributed by atoms with Crippen molar-refractivity contribution >= 4 is 17.2 Å². The van der Waals surface area contributed by atoms with E-state index in [9.17, 15) is 18.0 Å². The highest BCUT2D eigenvalue weighted by Gasteiger charge is 2.35. The maximum absolute atomic E-state index is 12.7. The molecule has 0 spiro atoms. The molecule has 3 rings (SSSR count). The van der Waals surface area contributed by atoms with Gasteiger partial charge in [0.15, 0.2) is 5.69 Å². The fourth-order valence-corrected chi connectivity index (χ4v) is 3.74. The van der Waals surface area contributed by atoms with Gasteiger partial charge in [-0.05, 0) is 37.3 Å². The Hall–Kier alpha value is -1.83. The molecule has 4 nitrogen and oxygen atoms in total. The minimum absolute atomic E-state index is 0.0282. The highest BCUT2D eigenvalue weighted by Crippen LogP contribution is 2.34. The number of nitrogens with zero attached hydrogens (tertiary/aromatic N) is 3. The lowest BCUT2D eigenvalue weighted by Crippen LogP contribution is -2.33. The highest BCUT2D eigenvalue weighted by molar-refractivity contribution is 7.10. The standard InChI is InChI=1S/C15H16F3N3OS/c1-10-8-13(15(16,17)18)19-21(10)9-14(22)20-6-2-4-11(20)12-5-3-7-23-12/h3,5,7-8,11H,2,4,6,9H2,1H3. The number of carbonyl (C=O) groups excluding carboxylic acids is 1. The van der Waals surface area contributed by atoms with E-state index in [1.54, 1.807) is 16.2 Å². The van der Waals surface area contributed by atoms with Gasteiger partial charge in [-0.3, -0.25) is 9.48 Å². The van der Waals surface area contributed by atoms with Gasteiger partial charge in [0.05, 0.1) is 6.04 Å². The number of hydrogen-bond donors (Lipinski definition) is 0. The van der Waals surface area contributed by atoms with Gasteiger partial charge in [-0.1, -0.05) is 6.07 Å². The molecular weight excluding hydrogens is 327 g/mol. The zero-order valence-electron chi connectivity index (χ0n) is 12.5. The van der Waals surface area contributed by atoms with Gasteiger partial charge in [0, 0.05) is 17.1 Å². The third-order valence-electron chi connectivity index (χ3n) is 4.00. The van der Waals surface area contributed by atoms with Crippen molar-refractivity contribution in [1.29, 1.82) is 0 Å². The lowest BCUT2D eigenvalue weighted by atomic mass is 10.2. The van der Waals surface area contributed by atoms with E-state index in [2.05, 4.69) is 5.10 Å². The second kappa shape index (κ2) is 5.99. The molecule has 23 heavy (non-hydrogen) atoms. The van der Waals surface area contributed by atoms with Gasteiger partial charge in [-0.25, -0.2) is 0 Å². The molecule has 8 heteroatoms. The van der Waals surface area contributed by atoms with E-state index in [0.29, 0.717) is 12.2 Å². The molecule has 1 aliphatic rings. The fourth-order valence-electron chi connectivity index (χ4n) is 2.87. The summed E-state index contributed by atoms with van der Waals surface area (Å²) in [5.74, 6) is -0.194. The average Bonchev–Trinajstić information content (AvgIpc) is 3.17. The number of aryl methyl sites for hydroxylation is 1. The van der Waals surface area contributed by atoms with Crippen LogP contribution in [0.3, 0.4) is 0 Å². The van der Waals surface area contributed by atoms with Crippen LogP contribution in [-0.2, 0) is 17.5 Å². The molecular formula is C15H16F3N3OS. The van der Waals surface area contributed by atoms with Gasteiger partial charge in [-0.2, -0.15) is 18.3 Å². The molecule has 124 valence electrons. The van der Waals surface area contributed by atoms with Crippen LogP contribution in [0.1, 0.15) is 35.1 Å². The summed E-state index contributed by atoms with van der Waals surface area (Å²) >= 11 is 1.59. The second-order valence-corrected chi connectivity index (χ2v) is 6.57. The molecule has 2 aromatic heterocycles.